The fraction of sp³-hybridized carbons (Fsp3) is 0.500. The molecule has 2 N–H and O–H groups in total. The molecule has 4 rings (SSSR count). The maximum absolute atomic E-state index is 9.08. The molecule has 33 heavy (non-hydrogen) atoms. The predicted octanol–water partition coefficient (Wildman–Crippen LogP) is 4.50. The van der Waals surface area contributed by atoms with Gasteiger partial charge in [0.1, 0.15) is 11.7 Å². The Balaban J connectivity index is 1.72. The Labute approximate surface area is 196 Å². The van der Waals surface area contributed by atoms with Crippen molar-refractivity contribution >= 4 is 17.2 Å². The molecule has 3 heterocycles. The highest BCUT2D eigenvalue weighted by Gasteiger charge is 2.36. The molecule has 176 valence electrons. The highest BCUT2D eigenvalue weighted by atomic mass is 16.5. The first-order chi connectivity index (χ1) is 16.0. The van der Waals surface area contributed by atoms with E-state index in [1.54, 1.807) is 7.11 Å². The number of aliphatic hydroxyl groups is 1. The number of nitrogens with zero attached hydrogens (tertiary/aromatic N) is 3. The second-order valence-electron chi connectivity index (χ2n) is 8.92. The molecule has 0 radical (unpaired) electrons. The topological polar surface area (TPSA) is 91.0 Å². The molecule has 0 saturated heterocycles. The van der Waals surface area contributed by atoms with Crippen LogP contribution in [0.2, 0.25) is 0 Å². The van der Waals surface area contributed by atoms with Crippen molar-refractivity contribution in [3.05, 3.63) is 53.4 Å². The third kappa shape index (κ3) is 5.09. The lowest BCUT2D eigenvalue weighted by Crippen LogP contribution is -2.45. The van der Waals surface area contributed by atoms with Crippen LogP contribution in [-0.2, 0) is 4.74 Å². The summed E-state index contributed by atoms with van der Waals surface area (Å²) >= 11 is 0. The Hall–Kier alpha value is -2.77. The molecule has 7 heteroatoms. The number of rotatable bonds is 6. The van der Waals surface area contributed by atoms with E-state index >= 15 is 0 Å². The molecule has 0 unspecified atom stereocenters. The average molecular weight is 451 g/mol. The minimum atomic E-state index is 0.0548. The Kier molecular flexibility index (Phi) is 7.40. The van der Waals surface area contributed by atoms with E-state index in [-0.39, 0.29) is 18.8 Å². The molecule has 1 aromatic rings. The van der Waals surface area contributed by atoms with Gasteiger partial charge in [0.25, 0.3) is 0 Å². The van der Waals surface area contributed by atoms with Gasteiger partial charge in [-0.15, -0.1) is 0 Å². The summed E-state index contributed by atoms with van der Waals surface area (Å²) in [4.78, 5) is 11.5. The van der Waals surface area contributed by atoms with Gasteiger partial charge in [-0.1, -0.05) is 12.2 Å². The standard InChI is InChI=1S/C26H34N4O3/c1-17-5-4-6-24(27)29-26-22(17)15-23(19-7-12-25(32-3)28-16-19)18(2)30(26)20-8-10-21(11-9-20)33-14-13-31/h7,12,15-16,20-21,27,31H,2,4-6,8-11,13-14H2,1,3H3/b22-17-,27-24?,29-26?. The summed E-state index contributed by atoms with van der Waals surface area (Å²) in [6.07, 6.45) is 10.5. The molecular formula is C26H34N4O3. The minimum Gasteiger partial charge on any atom is -0.481 e. The van der Waals surface area contributed by atoms with Crippen LogP contribution in [0, 0.1) is 5.41 Å². The first kappa shape index (κ1) is 23.4. The third-order valence-electron chi connectivity index (χ3n) is 6.74. The van der Waals surface area contributed by atoms with Crippen molar-refractivity contribution in [2.45, 2.75) is 64.0 Å². The van der Waals surface area contributed by atoms with Gasteiger partial charge in [0, 0.05) is 47.1 Å². The Bertz CT molecular complexity index is 985. The number of hydrogen-bond acceptors (Lipinski definition) is 6. The summed E-state index contributed by atoms with van der Waals surface area (Å²) in [6, 6.07) is 4.12. The van der Waals surface area contributed by atoms with E-state index in [1.807, 2.05) is 18.3 Å². The van der Waals surface area contributed by atoms with E-state index in [0.29, 0.717) is 24.7 Å². The van der Waals surface area contributed by atoms with Crippen molar-refractivity contribution in [3.63, 3.8) is 0 Å². The molecule has 1 aliphatic carbocycles. The first-order valence-corrected chi connectivity index (χ1v) is 11.8. The van der Waals surface area contributed by atoms with E-state index in [1.165, 1.54) is 5.57 Å². The summed E-state index contributed by atoms with van der Waals surface area (Å²) in [5.41, 5.74) is 5.30. The SMILES string of the molecule is C=C1C(c2ccc(OC)nc2)=C/C2=C(\C)CCCC(=N)N=C2N1C1CCC(OCCO)CC1. The van der Waals surface area contributed by atoms with Crippen LogP contribution in [0.1, 0.15) is 57.4 Å². The smallest absolute Gasteiger partial charge is 0.212 e. The largest absolute Gasteiger partial charge is 0.481 e. The van der Waals surface area contributed by atoms with Crippen molar-refractivity contribution < 1.29 is 14.6 Å². The molecule has 1 saturated carbocycles. The number of aliphatic imine (C=N–C) groups is 1. The average Bonchev–Trinajstić information content (AvgIpc) is 2.83. The minimum absolute atomic E-state index is 0.0548. The van der Waals surface area contributed by atoms with Crippen LogP contribution in [0.5, 0.6) is 5.88 Å². The van der Waals surface area contributed by atoms with Gasteiger partial charge < -0.3 is 19.5 Å². The predicted molar refractivity (Wildman–Crippen MR) is 131 cm³/mol. The van der Waals surface area contributed by atoms with Gasteiger partial charge >= 0.3 is 0 Å². The number of allylic oxidation sites excluding steroid dienone is 2. The summed E-state index contributed by atoms with van der Waals surface area (Å²) in [5, 5.41) is 17.5. The Morgan fingerprint density at radius 2 is 2.00 bits per heavy atom. The van der Waals surface area contributed by atoms with Gasteiger partial charge in [0.05, 0.1) is 26.4 Å². The molecule has 1 aromatic heterocycles. The zero-order valence-corrected chi connectivity index (χ0v) is 19.6. The lowest BCUT2D eigenvalue weighted by molar-refractivity contribution is 0.000203. The molecule has 0 bridgehead atoms. The van der Waals surface area contributed by atoms with Crippen molar-refractivity contribution in [3.8, 4) is 5.88 Å². The molecule has 0 aromatic carbocycles. The van der Waals surface area contributed by atoms with Crippen molar-refractivity contribution in [2.24, 2.45) is 4.99 Å². The lowest BCUT2D eigenvalue weighted by Gasteiger charge is -2.43. The maximum atomic E-state index is 9.08. The van der Waals surface area contributed by atoms with Gasteiger partial charge in [-0.25, -0.2) is 9.98 Å². The van der Waals surface area contributed by atoms with Crippen LogP contribution in [0.15, 0.2) is 52.8 Å². The number of aromatic nitrogens is 1. The highest BCUT2D eigenvalue weighted by Crippen LogP contribution is 2.39. The second-order valence-corrected chi connectivity index (χ2v) is 8.92. The first-order valence-electron chi connectivity index (χ1n) is 11.8. The fourth-order valence-electron chi connectivity index (χ4n) is 4.94. The van der Waals surface area contributed by atoms with E-state index in [9.17, 15) is 0 Å². The Morgan fingerprint density at radius 1 is 1.21 bits per heavy atom. The molecule has 0 spiro atoms. The molecule has 3 aliphatic rings. The summed E-state index contributed by atoms with van der Waals surface area (Å²) in [6.45, 7) is 7.11. The van der Waals surface area contributed by atoms with Crippen LogP contribution in [-0.4, -0.2) is 59.1 Å². The molecule has 1 fully saturated rings. The normalized spacial score (nSPS) is 26.2. The van der Waals surface area contributed by atoms with Crippen LogP contribution in [0.25, 0.3) is 5.57 Å². The number of hydrogen-bond donors (Lipinski definition) is 2. The van der Waals surface area contributed by atoms with Crippen molar-refractivity contribution in [2.75, 3.05) is 20.3 Å². The molecule has 0 amide bonds. The van der Waals surface area contributed by atoms with Crippen LogP contribution < -0.4 is 4.74 Å². The van der Waals surface area contributed by atoms with Gasteiger partial charge in [0.2, 0.25) is 5.88 Å². The van der Waals surface area contributed by atoms with Gasteiger partial charge in [-0.05, 0) is 57.6 Å². The summed E-state index contributed by atoms with van der Waals surface area (Å²) in [5.74, 6) is 1.86. The van der Waals surface area contributed by atoms with E-state index in [4.69, 9.17) is 25.0 Å². The molecule has 2 aliphatic heterocycles. The van der Waals surface area contributed by atoms with Crippen LogP contribution >= 0.6 is 0 Å². The molecular weight excluding hydrogens is 416 g/mol. The number of aliphatic hydroxyl groups excluding tert-OH is 1. The third-order valence-corrected chi connectivity index (χ3v) is 6.74. The monoisotopic (exact) mass is 450 g/mol. The summed E-state index contributed by atoms with van der Waals surface area (Å²) in [7, 11) is 1.61. The van der Waals surface area contributed by atoms with E-state index < -0.39 is 0 Å². The van der Waals surface area contributed by atoms with Gasteiger partial charge in [-0.2, -0.15) is 0 Å². The maximum Gasteiger partial charge on any atom is 0.212 e. The number of ether oxygens (including phenoxy) is 2. The van der Waals surface area contributed by atoms with E-state index in [2.05, 4.69) is 29.5 Å². The van der Waals surface area contributed by atoms with Crippen LogP contribution in [0.4, 0.5) is 0 Å². The summed E-state index contributed by atoms with van der Waals surface area (Å²) < 4.78 is 11.0. The second kappa shape index (κ2) is 10.4. The zero-order chi connectivity index (χ0) is 23.4. The molecule has 7 nitrogen and oxygen atoms in total. The number of nitrogens with one attached hydrogen (secondary N) is 1. The van der Waals surface area contributed by atoms with Gasteiger partial charge in [-0.3, -0.25) is 5.41 Å². The van der Waals surface area contributed by atoms with E-state index in [0.717, 1.165) is 66.8 Å². The number of pyridine rings is 1. The fourth-order valence-corrected chi connectivity index (χ4v) is 4.94. The number of amidine groups is 2. The quantitative estimate of drug-likeness (QED) is 0.666. The van der Waals surface area contributed by atoms with Gasteiger partial charge in [0.15, 0.2) is 0 Å². The number of methoxy groups -OCH3 is 1. The van der Waals surface area contributed by atoms with Crippen LogP contribution in [0.3, 0.4) is 0 Å². The Morgan fingerprint density at radius 3 is 2.67 bits per heavy atom. The van der Waals surface area contributed by atoms with Crippen molar-refractivity contribution in [1.29, 1.82) is 5.41 Å². The number of fused-ring (bicyclic) bond motifs is 1. The zero-order valence-electron chi connectivity index (χ0n) is 19.6. The molecule has 0 atom stereocenters. The highest BCUT2D eigenvalue weighted by molar-refractivity contribution is 6.13. The van der Waals surface area contributed by atoms with Crippen molar-refractivity contribution in [1.82, 2.24) is 9.88 Å². The lowest BCUT2D eigenvalue weighted by atomic mass is 9.86.